The molecule has 2 rings (SSSR count). The molecule has 0 aliphatic carbocycles. The van der Waals surface area contributed by atoms with Crippen molar-refractivity contribution in [3.63, 3.8) is 0 Å². The number of aliphatic hydroxyl groups excluding tert-OH is 1. The first-order valence-corrected chi connectivity index (χ1v) is 8.82. The van der Waals surface area contributed by atoms with E-state index in [1.807, 2.05) is 13.0 Å². The number of ether oxygens (including phenoxy) is 1. The number of amides is 1. The molecule has 0 spiro atoms. The van der Waals surface area contributed by atoms with E-state index in [0.29, 0.717) is 17.3 Å². The smallest absolute Gasteiger partial charge is 0.220 e. The van der Waals surface area contributed by atoms with E-state index in [1.54, 1.807) is 6.07 Å². The standard InChI is InChI=1S/C16H22BrClN2O3/c1-10-6-12(18)7-14(17)15(10)23-9-13(21)8-20-4-2-11(3-5-20)16(19)22/h6-7,11,13,21H,2-5,8-9H2,1H3,(H2,19,22). The third kappa shape index (κ3) is 5.35. The van der Waals surface area contributed by atoms with E-state index in [-0.39, 0.29) is 18.4 Å². The van der Waals surface area contributed by atoms with Crippen molar-refractivity contribution in [2.75, 3.05) is 26.2 Å². The molecule has 3 N–H and O–H groups in total. The number of nitrogens with zero attached hydrogens (tertiary/aromatic N) is 1. The van der Waals surface area contributed by atoms with Crippen LogP contribution in [-0.4, -0.2) is 48.3 Å². The van der Waals surface area contributed by atoms with E-state index in [9.17, 15) is 9.90 Å². The van der Waals surface area contributed by atoms with Crippen molar-refractivity contribution < 1.29 is 14.6 Å². The first-order chi connectivity index (χ1) is 10.9. The Morgan fingerprint density at radius 2 is 2.17 bits per heavy atom. The molecule has 1 aliphatic heterocycles. The maximum Gasteiger partial charge on any atom is 0.220 e. The highest BCUT2D eigenvalue weighted by Crippen LogP contribution is 2.32. The van der Waals surface area contributed by atoms with Crippen LogP contribution in [-0.2, 0) is 4.79 Å². The van der Waals surface area contributed by atoms with Crippen LogP contribution in [0.1, 0.15) is 18.4 Å². The van der Waals surface area contributed by atoms with Crippen molar-refractivity contribution in [3.05, 3.63) is 27.2 Å². The van der Waals surface area contributed by atoms with E-state index in [0.717, 1.165) is 36.0 Å². The summed E-state index contributed by atoms with van der Waals surface area (Å²) >= 11 is 9.39. The van der Waals surface area contributed by atoms with Crippen molar-refractivity contribution in [2.24, 2.45) is 11.7 Å². The van der Waals surface area contributed by atoms with Crippen LogP contribution in [0.2, 0.25) is 5.02 Å². The van der Waals surface area contributed by atoms with Crippen LogP contribution >= 0.6 is 27.5 Å². The van der Waals surface area contributed by atoms with Crippen molar-refractivity contribution >= 4 is 33.4 Å². The molecule has 5 nitrogen and oxygen atoms in total. The second kappa shape index (κ2) is 8.33. The summed E-state index contributed by atoms with van der Waals surface area (Å²) in [6, 6.07) is 3.59. The topological polar surface area (TPSA) is 75.8 Å². The number of halogens is 2. The fourth-order valence-corrected chi connectivity index (χ4v) is 3.88. The zero-order valence-corrected chi connectivity index (χ0v) is 15.4. The van der Waals surface area contributed by atoms with Gasteiger partial charge in [-0.3, -0.25) is 4.79 Å². The highest BCUT2D eigenvalue weighted by Gasteiger charge is 2.24. The summed E-state index contributed by atoms with van der Waals surface area (Å²) in [6.45, 7) is 4.18. The summed E-state index contributed by atoms with van der Waals surface area (Å²) in [7, 11) is 0. The third-order valence-corrected chi connectivity index (χ3v) is 4.88. The minimum absolute atomic E-state index is 0.0349. The van der Waals surface area contributed by atoms with Gasteiger partial charge in [0.1, 0.15) is 18.5 Å². The number of primary amides is 1. The van der Waals surface area contributed by atoms with Crippen LogP contribution in [0.25, 0.3) is 0 Å². The molecule has 1 aliphatic rings. The second-order valence-corrected chi connectivity index (χ2v) is 7.27. The van der Waals surface area contributed by atoms with Gasteiger partial charge in [0.25, 0.3) is 0 Å². The molecule has 23 heavy (non-hydrogen) atoms. The number of hydrogen-bond donors (Lipinski definition) is 2. The fraction of sp³-hybridized carbons (Fsp3) is 0.562. The lowest BCUT2D eigenvalue weighted by atomic mass is 9.96. The third-order valence-electron chi connectivity index (χ3n) is 4.07. The first-order valence-electron chi connectivity index (χ1n) is 7.65. The molecular weight excluding hydrogens is 384 g/mol. The zero-order valence-electron chi connectivity index (χ0n) is 13.1. The number of nitrogens with two attached hydrogens (primary N) is 1. The summed E-state index contributed by atoms with van der Waals surface area (Å²) in [4.78, 5) is 13.3. The Morgan fingerprint density at radius 3 is 2.74 bits per heavy atom. The van der Waals surface area contributed by atoms with Gasteiger partial charge >= 0.3 is 0 Å². The zero-order chi connectivity index (χ0) is 17.0. The minimum Gasteiger partial charge on any atom is -0.489 e. The number of hydrogen-bond acceptors (Lipinski definition) is 4. The summed E-state index contributed by atoms with van der Waals surface area (Å²) < 4.78 is 6.50. The Labute approximate surface area is 149 Å². The summed E-state index contributed by atoms with van der Waals surface area (Å²) in [6.07, 6.45) is 0.914. The van der Waals surface area contributed by atoms with E-state index < -0.39 is 6.10 Å². The molecule has 1 heterocycles. The van der Waals surface area contributed by atoms with Gasteiger partial charge in [-0.1, -0.05) is 11.6 Å². The predicted molar refractivity (Wildman–Crippen MR) is 93.7 cm³/mol. The molecule has 7 heteroatoms. The molecule has 1 saturated heterocycles. The molecule has 0 bridgehead atoms. The number of likely N-dealkylation sites (tertiary alicyclic amines) is 1. The number of benzene rings is 1. The Bertz CT molecular complexity index is 539. The lowest BCUT2D eigenvalue weighted by Crippen LogP contribution is -2.43. The van der Waals surface area contributed by atoms with Gasteiger partial charge < -0.3 is 20.5 Å². The monoisotopic (exact) mass is 404 g/mol. The van der Waals surface area contributed by atoms with Crippen LogP contribution in [0.4, 0.5) is 0 Å². The van der Waals surface area contributed by atoms with E-state index >= 15 is 0 Å². The molecule has 0 radical (unpaired) electrons. The molecule has 1 aromatic rings. The van der Waals surface area contributed by atoms with Crippen molar-refractivity contribution in [1.29, 1.82) is 0 Å². The van der Waals surface area contributed by atoms with Crippen LogP contribution in [0.5, 0.6) is 5.75 Å². The van der Waals surface area contributed by atoms with Crippen LogP contribution in [0.3, 0.4) is 0 Å². The summed E-state index contributed by atoms with van der Waals surface area (Å²) in [5.41, 5.74) is 6.24. The van der Waals surface area contributed by atoms with Gasteiger partial charge in [0.15, 0.2) is 0 Å². The number of rotatable bonds is 6. The molecule has 1 fully saturated rings. The Balaban J connectivity index is 1.80. The number of aliphatic hydroxyl groups is 1. The molecule has 0 aromatic heterocycles. The minimum atomic E-state index is -0.595. The summed E-state index contributed by atoms with van der Waals surface area (Å²) in [5, 5.41) is 10.8. The van der Waals surface area contributed by atoms with Crippen molar-refractivity contribution in [2.45, 2.75) is 25.9 Å². The molecule has 1 amide bonds. The molecule has 128 valence electrons. The Kier molecular flexibility index (Phi) is 6.71. The normalized spacial score (nSPS) is 17.9. The van der Waals surface area contributed by atoms with Gasteiger partial charge in [-0.25, -0.2) is 0 Å². The average Bonchev–Trinajstić information content (AvgIpc) is 2.46. The quantitative estimate of drug-likeness (QED) is 0.762. The largest absolute Gasteiger partial charge is 0.489 e. The molecule has 1 aromatic carbocycles. The van der Waals surface area contributed by atoms with Crippen molar-refractivity contribution in [1.82, 2.24) is 4.90 Å². The number of aryl methyl sites for hydroxylation is 1. The van der Waals surface area contributed by atoms with Gasteiger partial charge in [0, 0.05) is 17.5 Å². The van der Waals surface area contributed by atoms with Gasteiger partial charge in [-0.2, -0.15) is 0 Å². The maximum absolute atomic E-state index is 11.2. The van der Waals surface area contributed by atoms with E-state index in [2.05, 4.69) is 20.8 Å². The van der Waals surface area contributed by atoms with Crippen molar-refractivity contribution in [3.8, 4) is 5.75 Å². The Hall–Kier alpha value is -0.820. The number of carbonyl (C=O) groups excluding carboxylic acids is 1. The van der Waals surface area contributed by atoms with Gasteiger partial charge in [0.2, 0.25) is 5.91 Å². The lowest BCUT2D eigenvalue weighted by molar-refractivity contribution is -0.123. The van der Waals surface area contributed by atoms with Gasteiger partial charge in [-0.15, -0.1) is 0 Å². The maximum atomic E-state index is 11.2. The number of piperidine rings is 1. The summed E-state index contributed by atoms with van der Waals surface area (Å²) in [5.74, 6) is 0.435. The lowest BCUT2D eigenvalue weighted by Gasteiger charge is -2.31. The highest BCUT2D eigenvalue weighted by atomic mass is 79.9. The predicted octanol–water partition coefficient (Wildman–Crippen LogP) is 2.35. The molecule has 1 atom stereocenters. The first kappa shape index (κ1) is 18.5. The molecular formula is C16H22BrClN2O3. The number of carbonyl (C=O) groups is 1. The fourth-order valence-electron chi connectivity index (χ4n) is 2.80. The van der Waals surface area contributed by atoms with Crippen LogP contribution < -0.4 is 10.5 Å². The second-order valence-electron chi connectivity index (χ2n) is 5.98. The van der Waals surface area contributed by atoms with Crippen LogP contribution in [0.15, 0.2) is 16.6 Å². The average molecular weight is 406 g/mol. The molecule has 0 saturated carbocycles. The Morgan fingerprint density at radius 1 is 1.52 bits per heavy atom. The van der Waals surface area contributed by atoms with Gasteiger partial charge in [0.05, 0.1) is 4.47 Å². The van der Waals surface area contributed by atoms with E-state index in [1.165, 1.54) is 0 Å². The number of β-amino-alcohol motifs (C(OH)–C–C–N with tert-alkyl or cyclic N) is 1. The van der Waals surface area contributed by atoms with Crippen LogP contribution in [0, 0.1) is 12.8 Å². The molecule has 1 unspecified atom stereocenters. The highest BCUT2D eigenvalue weighted by molar-refractivity contribution is 9.10. The van der Waals surface area contributed by atoms with E-state index in [4.69, 9.17) is 22.1 Å². The van der Waals surface area contributed by atoms with Gasteiger partial charge in [-0.05, 0) is 66.5 Å². The SMILES string of the molecule is Cc1cc(Cl)cc(Br)c1OCC(O)CN1CCC(C(N)=O)CC1.